The van der Waals surface area contributed by atoms with Gasteiger partial charge in [0.05, 0.1) is 0 Å². The standard InChI is InChI=1S/Co.Ni.H2O.Si/h;;1H2;. The molecule has 0 aliphatic rings. The molecular weight excluding hydrogens is 162 g/mol. The molecule has 0 saturated carbocycles. The van der Waals surface area contributed by atoms with Gasteiger partial charge in [0.15, 0.2) is 0 Å². The second kappa shape index (κ2) is 30.4. The maximum atomic E-state index is 0. The van der Waals surface area contributed by atoms with Gasteiger partial charge in [-0.05, 0) is 0 Å². The van der Waals surface area contributed by atoms with Gasteiger partial charge in [-0.3, -0.25) is 0 Å². The van der Waals surface area contributed by atoms with Crippen LogP contribution in [0.3, 0.4) is 0 Å². The molecule has 0 rings (SSSR count). The third-order valence-corrected chi connectivity index (χ3v) is 0. The molecule has 0 aliphatic heterocycles. The molecule has 0 bridgehead atoms. The summed E-state index contributed by atoms with van der Waals surface area (Å²) in [6, 6.07) is 0. The van der Waals surface area contributed by atoms with Gasteiger partial charge in [-0.25, -0.2) is 0 Å². The molecule has 5 radical (unpaired) electrons. The Bertz CT molecular complexity index is 8.00. The molecule has 4 heavy (non-hydrogen) atoms. The van der Waals surface area contributed by atoms with Gasteiger partial charge in [-0.2, -0.15) is 0 Å². The molecule has 2 N–H and O–H groups in total. The fourth-order valence-corrected chi connectivity index (χ4v) is 0. The molecule has 0 aliphatic carbocycles. The van der Waals surface area contributed by atoms with E-state index in [1.807, 2.05) is 0 Å². The molecule has 0 heterocycles. The van der Waals surface area contributed by atoms with Gasteiger partial charge in [0, 0.05) is 44.2 Å². The summed E-state index contributed by atoms with van der Waals surface area (Å²) in [6.07, 6.45) is 0. The Hall–Kier alpha value is 1.18. The normalized spacial score (nSPS) is 0. The minimum absolute atomic E-state index is 0. The molecule has 0 unspecified atom stereocenters. The number of hydrogen-bond acceptors (Lipinski definition) is 0. The van der Waals surface area contributed by atoms with Crippen molar-refractivity contribution < 1.29 is 38.7 Å². The first kappa shape index (κ1) is 65.2. The molecular formula is H2CoNiOSi. The first-order valence-electron chi connectivity index (χ1n) is 0. The van der Waals surface area contributed by atoms with Crippen LogP contribution >= 0.6 is 0 Å². The Morgan fingerprint density at radius 3 is 1.00 bits per heavy atom. The molecule has 31 valence electrons. The second-order valence-electron chi connectivity index (χ2n) is 0. The van der Waals surface area contributed by atoms with Crippen molar-refractivity contribution in [2.45, 2.75) is 0 Å². The van der Waals surface area contributed by atoms with E-state index < -0.39 is 0 Å². The van der Waals surface area contributed by atoms with Crippen molar-refractivity contribution in [3.05, 3.63) is 0 Å². The molecule has 1 nitrogen and oxygen atoms in total. The summed E-state index contributed by atoms with van der Waals surface area (Å²) >= 11 is 0. The number of hydrogen-bond donors (Lipinski definition) is 0. The first-order valence-corrected chi connectivity index (χ1v) is 0. The quantitative estimate of drug-likeness (QED) is 0.402. The van der Waals surface area contributed by atoms with Gasteiger partial charge in [0.1, 0.15) is 0 Å². The zero-order valence-electron chi connectivity index (χ0n) is 1.65. The molecule has 4 heteroatoms. The largest absolute Gasteiger partial charge is 0.412 e. The summed E-state index contributed by atoms with van der Waals surface area (Å²) in [5, 5.41) is 0. The summed E-state index contributed by atoms with van der Waals surface area (Å²) in [5.74, 6) is 0. The minimum atomic E-state index is 0. The summed E-state index contributed by atoms with van der Waals surface area (Å²) in [7, 11) is 0. The van der Waals surface area contributed by atoms with Gasteiger partial charge >= 0.3 is 0 Å². The van der Waals surface area contributed by atoms with E-state index in [9.17, 15) is 0 Å². The second-order valence-corrected chi connectivity index (χ2v) is 0. The van der Waals surface area contributed by atoms with Crippen molar-refractivity contribution in [1.82, 2.24) is 0 Å². The van der Waals surface area contributed by atoms with Crippen molar-refractivity contribution in [3.8, 4) is 0 Å². The average molecular weight is 164 g/mol. The summed E-state index contributed by atoms with van der Waals surface area (Å²) in [6.45, 7) is 0. The van der Waals surface area contributed by atoms with Crippen LogP contribution in [0.2, 0.25) is 0 Å². The van der Waals surface area contributed by atoms with Crippen molar-refractivity contribution in [2.24, 2.45) is 0 Å². The predicted octanol–water partition coefficient (Wildman–Crippen LogP) is -1.21. The zero-order valence-corrected chi connectivity index (χ0v) is 4.68. The molecule has 0 aromatic rings. The van der Waals surface area contributed by atoms with Gasteiger partial charge < -0.3 is 5.48 Å². The van der Waals surface area contributed by atoms with Gasteiger partial charge in [-0.15, -0.1) is 0 Å². The van der Waals surface area contributed by atoms with Crippen LogP contribution in [-0.2, 0) is 33.3 Å². The van der Waals surface area contributed by atoms with Crippen LogP contribution in [-0.4, -0.2) is 16.4 Å². The Balaban J connectivity index is 0. The average Bonchev–Trinajstić information content (AvgIpc) is 0. The predicted molar refractivity (Wildman–Crippen MR) is 9.37 cm³/mol. The van der Waals surface area contributed by atoms with Crippen LogP contribution in [0.4, 0.5) is 0 Å². The summed E-state index contributed by atoms with van der Waals surface area (Å²) in [5.41, 5.74) is 0. The van der Waals surface area contributed by atoms with Crippen molar-refractivity contribution in [3.63, 3.8) is 0 Å². The third-order valence-electron chi connectivity index (χ3n) is 0. The van der Waals surface area contributed by atoms with E-state index in [1.54, 1.807) is 0 Å². The fourth-order valence-electron chi connectivity index (χ4n) is 0. The fraction of sp³-hybridized carbons (Fsp3) is 0. The number of rotatable bonds is 0. The maximum absolute atomic E-state index is 0. The SMILES string of the molecule is O.[Co].[Ni].[Si]. The van der Waals surface area contributed by atoms with E-state index in [2.05, 4.69) is 0 Å². The van der Waals surface area contributed by atoms with E-state index >= 15 is 0 Å². The first-order chi connectivity index (χ1) is 0. The maximum Gasteiger partial charge on any atom is 0 e. The van der Waals surface area contributed by atoms with E-state index in [1.165, 1.54) is 0 Å². The van der Waals surface area contributed by atoms with Crippen LogP contribution in [0.1, 0.15) is 0 Å². The van der Waals surface area contributed by atoms with Gasteiger partial charge in [0.25, 0.3) is 0 Å². The molecule has 0 amide bonds. The van der Waals surface area contributed by atoms with Crippen LogP contribution in [0.5, 0.6) is 0 Å². The van der Waals surface area contributed by atoms with Crippen LogP contribution in [0.15, 0.2) is 0 Å². The Kier molecular flexibility index (Phi) is 496. The Morgan fingerprint density at radius 2 is 1.00 bits per heavy atom. The van der Waals surface area contributed by atoms with Crippen LogP contribution in [0, 0.1) is 0 Å². The van der Waals surface area contributed by atoms with Crippen molar-refractivity contribution in [1.29, 1.82) is 0 Å². The van der Waals surface area contributed by atoms with Gasteiger partial charge in [0.2, 0.25) is 0 Å². The van der Waals surface area contributed by atoms with Crippen molar-refractivity contribution in [2.75, 3.05) is 0 Å². The monoisotopic (exact) mass is 163 g/mol. The van der Waals surface area contributed by atoms with Crippen molar-refractivity contribution >= 4 is 11.0 Å². The minimum Gasteiger partial charge on any atom is -0.412 e. The smallest absolute Gasteiger partial charge is 0 e. The molecule has 0 fully saturated rings. The summed E-state index contributed by atoms with van der Waals surface area (Å²) in [4.78, 5) is 0. The van der Waals surface area contributed by atoms with E-state index in [4.69, 9.17) is 0 Å². The molecule has 0 atom stereocenters. The van der Waals surface area contributed by atoms with E-state index in [0.29, 0.717) is 0 Å². The topological polar surface area (TPSA) is 31.5 Å². The van der Waals surface area contributed by atoms with Gasteiger partial charge in [-0.1, -0.05) is 0 Å². The Labute approximate surface area is 50.0 Å². The zero-order chi connectivity index (χ0) is 0. The van der Waals surface area contributed by atoms with Crippen LogP contribution in [0.25, 0.3) is 0 Å². The third kappa shape index (κ3) is 10.9. The van der Waals surface area contributed by atoms with E-state index in [-0.39, 0.29) is 49.7 Å². The Morgan fingerprint density at radius 1 is 1.00 bits per heavy atom. The summed E-state index contributed by atoms with van der Waals surface area (Å²) < 4.78 is 0. The molecule has 0 aromatic carbocycles. The molecule has 0 spiro atoms. The molecule has 0 aromatic heterocycles. The van der Waals surface area contributed by atoms with Crippen LogP contribution < -0.4 is 0 Å². The van der Waals surface area contributed by atoms with E-state index in [0.717, 1.165) is 0 Å². The molecule has 0 saturated heterocycles.